The van der Waals surface area contributed by atoms with Crippen LogP contribution in [0.25, 0.3) is 0 Å². The molecule has 2 aromatic rings. The van der Waals surface area contributed by atoms with Crippen LogP contribution >= 0.6 is 35.1 Å². The Bertz CT molecular complexity index is 1320. The normalized spacial score (nSPS) is 19.2. The minimum absolute atomic E-state index is 0.0479. The van der Waals surface area contributed by atoms with Crippen molar-refractivity contribution in [3.63, 3.8) is 0 Å². The molecule has 0 unspecified atom stereocenters. The van der Waals surface area contributed by atoms with Crippen LogP contribution in [-0.4, -0.2) is 72.3 Å². The monoisotopic (exact) mass is 580 g/mol. The number of β-lactam (4-membered cyclic amide) rings is 1. The molecule has 2 aromatic heterocycles. The molecule has 7 N–H and O–H groups in total. The van der Waals surface area contributed by atoms with E-state index in [9.17, 15) is 19.5 Å². The van der Waals surface area contributed by atoms with Crippen LogP contribution in [0.1, 0.15) is 19.7 Å². The molecule has 0 bridgehead atoms. The minimum Gasteiger partial charge on any atom is -0.543 e. The van der Waals surface area contributed by atoms with Gasteiger partial charge in [0.2, 0.25) is 11.5 Å². The number of hydrogen-bond donors (Lipinski definition) is 4. The summed E-state index contributed by atoms with van der Waals surface area (Å²) in [6, 6.07) is 0.647. The van der Waals surface area contributed by atoms with Crippen molar-refractivity contribution in [2.24, 2.45) is 5.16 Å². The topological polar surface area (TPSA) is 232 Å². The van der Waals surface area contributed by atoms with E-state index in [1.54, 1.807) is 17.6 Å². The van der Waals surface area contributed by atoms with Gasteiger partial charge in [0.15, 0.2) is 16.0 Å². The zero-order valence-electron chi connectivity index (χ0n) is 20.2. The van der Waals surface area contributed by atoms with Crippen LogP contribution < -0.4 is 32.2 Å². The van der Waals surface area contributed by atoms with E-state index in [0.29, 0.717) is 23.0 Å². The summed E-state index contributed by atoms with van der Waals surface area (Å²) in [6.45, 7) is 4.29. The predicted molar refractivity (Wildman–Crippen MR) is 139 cm³/mol. The highest BCUT2D eigenvalue weighted by Crippen LogP contribution is 2.41. The number of aromatic nitrogens is 4. The molecule has 2 aliphatic heterocycles. The molecule has 18 heteroatoms. The van der Waals surface area contributed by atoms with E-state index >= 15 is 0 Å². The highest BCUT2D eigenvalue weighted by Gasteiger charge is 2.53. The number of rotatable bonds is 10. The number of thioether (sulfide) groups is 2. The first-order chi connectivity index (χ1) is 18.2. The van der Waals surface area contributed by atoms with Crippen molar-refractivity contribution in [2.45, 2.75) is 36.8 Å². The van der Waals surface area contributed by atoms with E-state index in [1.807, 2.05) is 6.92 Å². The van der Waals surface area contributed by atoms with Crippen molar-refractivity contribution >= 4 is 75.4 Å². The van der Waals surface area contributed by atoms with Crippen LogP contribution in [0, 0.1) is 0 Å². The Balaban J connectivity index is 1.49. The molecule has 2 aliphatic rings. The number of aliphatic carboxylic acids is 1. The van der Waals surface area contributed by atoms with Gasteiger partial charge in [-0.15, -0.1) is 16.7 Å². The first-order valence-corrected chi connectivity index (χ1v) is 14.0. The van der Waals surface area contributed by atoms with E-state index in [4.69, 9.17) is 22.0 Å². The average molecular weight is 581 g/mol. The maximum Gasteiger partial charge on any atom is 0.346 e. The van der Waals surface area contributed by atoms with Crippen LogP contribution in [0.2, 0.25) is 0 Å². The minimum atomic E-state index is -1.49. The van der Waals surface area contributed by atoms with Gasteiger partial charge in [0.05, 0.1) is 18.2 Å². The van der Waals surface area contributed by atoms with Gasteiger partial charge in [-0.1, -0.05) is 16.9 Å². The van der Waals surface area contributed by atoms with Crippen molar-refractivity contribution in [3.05, 3.63) is 23.2 Å². The van der Waals surface area contributed by atoms with Gasteiger partial charge in [-0.2, -0.15) is 9.36 Å². The molecule has 2 amide bonds. The summed E-state index contributed by atoms with van der Waals surface area (Å²) < 4.78 is 5.60. The molecule has 1 fully saturated rings. The van der Waals surface area contributed by atoms with E-state index in [-0.39, 0.29) is 46.4 Å². The number of nitrogens with one attached hydrogen (secondary N) is 1. The van der Waals surface area contributed by atoms with Gasteiger partial charge in [-0.05, 0) is 19.4 Å². The van der Waals surface area contributed by atoms with Gasteiger partial charge in [0.25, 0.3) is 11.8 Å². The lowest BCUT2D eigenvalue weighted by Gasteiger charge is -2.50. The summed E-state index contributed by atoms with van der Waals surface area (Å²) in [6.07, 6.45) is 0. The van der Waals surface area contributed by atoms with Crippen LogP contribution in [0.3, 0.4) is 0 Å². The van der Waals surface area contributed by atoms with E-state index < -0.39 is 29.2 Å². The summed E-state index contributed by atoms with van der Waals surface area (Å²) in [7, 11) is 0. The van der Waals surface area contributed by atoms with Crippen molar-refractivity contribution in [1.82, 2.24) is 24.6 Å². The van der Waals surface area contributed by atoms with Crippen LogP contribution in [0.4, 0.5) is 16.9 Å². The Morgan fingerprint density at radius 3 is 2.71 bits per heavy atom. The number of nitrogens with zero attached hydrogens (tertiary/aromatic N) is 6. The Labute approximate surface area is 229 Å². The lowest BCUT2D eigenvalue weighted by Crippen LogP contribution is -2.71. The summed E-state index contributed by atoms with van der Waals surface area (Å²) >= 11 is 3.42. The molecule has 2 atom stereocenters. The Morgan fingerprint density at radius 2 is 2.11 bits per heavy atom. The standard InChI is InChI=1S/C20H24N10O5S3/c1-3-29-9(21)5-10(24-19(29)22)36-6-8-7-37-17-12(16(32)30(17)13(8)18(33)34)25-15(31)11(27-35-4-2)14-26-20(23)38-28-14/h5,12,17H,3-4,6-7H2,1-2H3,(H7,21,22,23,24,25,26,28,31,33,34)/b27-11-/t12-,17-/m1/s1. The average Bonchev–Trinajstić information content (AvgIpc) is 3.31. The molecule has 0 spiro atoms. The van der Waals surface area contributed by atoms with Gasteiger partial charge in [0, 0.05) is 29.1 Å². The fourth-order valence-corrected chi connectivity index (χ4v) is 6.59. The van der Waals surface area contributed by atoms with E-state index in [2.05, 4.69) is 24.8 Å². The molecule has 38 heavy (non-hydrogen) atoms. The second-order valence-electron chi connectivity index (χ2n) is 7.82. The second-order valence-corrected chi connectivity index (χ2v) is 10.7. The predicted octanol–water partition coefficient (Wildman–Crippen LogP) is -2.08. The number of nitrogen functional groups attached to an aromatic ring is 3. The van der Waals surface area contributed by atoms with Crippen molar-refractivity contribution < 1.29 is 28.9 Å². The molecule has 4 heterocycles. The Hall–Kier alpha value is -3.64. The molecular formula is C20H24N10O5S3. The number of anilines is 3. The molecule has 0 radical (unpaired) electrons. The van der Waals surface area contributed by atoms with Crippen LogP contribution in [0.5, 0.6) is 0 Å². The number of carbonyl (C=O) groups is 3. The maximum atomic E-state index is 13.0. The van der Waals surface area contributed by atoms with Gasteiger partial charge in [-0.25, -0.2) is 4.57 Å². The zero-order chi connectivity index (χ0) is 27.6. The highest BCUT2D eigenvalue weighted by atomic mass is 32.2. The number of carboxylic acids is 1. The first-order valence-electron chi connectivity index (χ1n) is 11.2. The van der Waals surface area contributed by atoms with Crippen molar-refractivity contribution in [1.29, 1.82) is 0 Å². The molecule has 0 aliphatic carbocycles. The SMILES string of the molecule is CCO/N=C(\C(=O)N[C@@H]1C(=O)N2C(C(=O)[O-])=C(CSc3cc(N)[n+](CC)c(N)n3)CS[C@H]12)c1nsc(N)n1. The zero-order valence-corrected chi connectivity index (χ0v) is 22.7. The largest absolute Gasteiger partial charge is 0.543 e. The number of carbonyl (C=O) groups excluding carboxylic acids is 3. The third kappa shape index (κ3) is 5.32. The molecular weight excluding hydrogens is 556 g/mol. The fraction of sp³-hybridized carbons (Fsp3) is 0.400. The number of carboxylic acid groups (broad SMARTS) is 1. The third-order valence-electron chi connectivity index (χ3n) is 5.48. The number of hydrogen-bond acceptors (Lipinski definition) is 15. The van der Waals surface area contributed by atoms with Crippen molar-refractivity contribution in [3.8, 4) is 0 Å². The lowest BCUT2D eigenvalue weighted by atomic mass is 10.0. The van der Waals surface area contributed by atoms with Gasteiger partial charge in [0.1, 0.15) is 18.0 Å². The Kier molecular flexibility index (Phi) is 8.22. The summed E-state index contributed by atoms with van der Waals surface area (Å²) in [4.78, 5) is 52.3. The molecule has 1 saturated heterocycles. The number of nitrogens with two attached hydrogens (primary N) is 3. The molecule has 202 valence electrons. The van der Waals surface area contributed by atoms with Crippen LogP contribution in [-0.2, 0) is 25.8 Å². The van der Waals surface area contributed by atoms with Crippen molar-refractivity contribution in [2.75, 3.05) is 35.3 Å². The first kappa shape index (κ1) is 27.4. The van der Waals surface area contributed by atoms with E-state index in [1.165, 1.54) is 23.5 Å². The maximum absolute atomic E-state index is 13.0. The Morgan fingerprint density at radius 1 is 1.34 bits per heavy atom. The summed E-state index contributed by atoms with van der Waals surface area (Å²) in [5, 5.41) is 18.4. The molecule has 0 saturated carbocycles. The van der Waals surface area contributed by atoms with Gasteiger partial charge >= 0.3 is 5.95 Å². The number of oxime groups is 1. The smallest absolute Gasteiger partial charge is 0.346 e. The van der Waals surface area contributed by atoms with Gasteiger partial charge < -0.3 is 37.3 Å². The fourth-order valence-electron chi connectivity index (χ4n) is 3.76. The number of fused-ring (bicyclic) bond motifs is 1. The molecule has 15 nitrogen and oxygen atoms in total. The van der Waals surface area contributed by atoms with E-state index in [0.717, 1.165) is 16.4 Å². The summed E-state index contributed by atoms with van der Waals surface area (Å²) in [5.41, 5.74) is 17.6. The van der Waals surface area contributed by atoms with Crippen LogP contribution in [0.15, 0.2) is 27.5 Å². The summed E-state index contributed by atoms with van der Waals surface area (Å²) in [5.74, 6) is -1.74. The lowest BCUT2D eigenvalue weighted by molar-refractivity contribution is -0.667. The third-order valence-corrected chi connectivity index (χ3v) is 8.36. The quantitative estimate of drug-likeness (QED) is 0.0591. The highest BCUT2D eigenvalue weighted by molar-refractivity contribution is 8.01. The molecule has 0 aromatic carbocycles. The number of amides is 2. The van der Waals surface area contributed by atoms with Gasteiger partial charge in [-0.3, -0.25) is 14.5 Å². The molecule has 4 rings (SSSR count). The second kappa shape index (κ2) is 11.4.